The molecule has 1 fully saturated rings. The lowest BCUT2D eigenvalue weighted by Crippen LogP contribution is -2.44. The first-order chi connectivity index (χ1) is 17.6. The molecule has 1 aliphatic rings. The molecule has 8 nitrogen and oxygen atoms in total. The van der Waals surface area contributed by atoms with E-state index in [4.69, 9.17) is 6.42 Å². The Balaban J connectivity index is 1.32. The van der Waals surface area contributed by atoms with E-state index in [0.717, 1.165) is 37.4 Å². The number of pyridine rings is 1. The Bertz CT molecular complexity index is 1410. The maximum atomic E-state index is 12.5. The van der Waals surface area contributed by atoms with Gasteiger partial charge < -0.3 is 20.4 Å². The Hall–Kier alpha value is -4.48. The lowest BCUT2D eigenvalue weighted by molar-refractivity contribution is -0.115. The number of nitrogens with zero attached hydrogens (tertiary/aromatic N) is 5. The SMILES string of the molecule is C#Cc1cc(NC(=O)Cc2ccccc2)nc2nc(Nc3ccc(N4CCN(C)CC4)cc3)ncc12. The molecule has 180 valence electrons. The standard InChI is InChI=1S/C28H27N7O/c1-3-21-18-25(31-26(36)17-20-7-5-4-6-8-20)32-27-24(21)19-29-28(33-27)30-22-9-11-23(12-10-22)35-15-13-34(2)14-16-35/h1,4-12,18-19H,13-17H2,2H3,(H2,29,30,31,32,33,36). The normalized spacial score (nSPS) is 13.8. The molecule has 1 saturated heterocycles. The van der Waals surface area contributed by atoms with Gasteiger partial charge in [-0.1, -0.05) is 36.3 Å². The molecule has 2 aromatic heterocycles. The molecule has 8 heteroatoms. The van der Waals surface area contributed by atoms with Crippen molar-refractivity contribution in [3.63, 3.8) is 0 Å². The molecule has 1 amide bonds. The summed E-state index contributed by atoms with van der Waals surface area (Å²) < 4.78 is 0. The highest BCUT2D eigenvalue weighted by Gasteiger charge is 2.14. The topological polar surface area (TPSA) is 86.3 Å². The first kappa shape index (κ1) is 23.3. The Kier molecular flexibility index (Phi) is 6.74. The van der Waals surface area contributed by atoms with Crippen LogP contribution in [0, 0.1) is 12.3 Å². The van der Waals surface area contributed by atoms with Crippen LogP contribution in [0.4, 0.5) is 23.1 Å². The van der Waals surface area contributed by atoms with Gasteiger partial charge in [0.2, 0.25) is 11.9 Å². The fraction of sp³-hybridized carbons (Fsp3) is 0.214. The molecule has 4 aromatic rings. The Labute approximate surface area is 210 Å². The summed E-state index contributed by atoms with van der Waals surface area (Å²) in [4.78, 5) is 30.7. The van der Waals surface area contributed by atoms with Crippen LogP contribution in [-0.4, -0.2) is 59.0 Å². The average molecular weight is 478 g/mol. The number of likely N-dealkylation sites (N-methyl/N-ethyl adjacent to an activating group) is 1. The fourth-order valence-electron chi connectivity index (χ4n) is 4.17. The first-order valence-corrected chi connectivity index (χ1v) is 11.9. The van der Waals surface area contributed by atoms with Gasteiger partial charge in [0.15, 0.2) is 5.65 Å². The number of benzene rings is 2. The third-order valence-electron chi connectivity index (χ3n) is 6.19. The molecule has 3 heterocycles. The zero-order chi connectivity index (χ0) is 24.9. The van der Waals surface area contributed by atoms with Crippen molar-refractivity contribution in [3.8, 4) is 12.3 Å². The van der Waals surface area contributed by atoms with Gasteiger partial charge in [0, 0.05) is 49.3 Å². The molecular formula is C28H27N7O. The number of carbonyl (C=O) groups excluding carboxylic acids is 1. The van der Waals surface area contributed by atoms with Crippen molar-refractivity contribution in [2.75, 3.05) is 48.8 Å². The molecule has 0 saturated carbocycles. The van der Waals surface area contributed by atoms with Crippen LogP contribution < -0.4 is 15.5 Å². The van der Waals surface area contributed by atoms with E-state index < -0.39 is 0 Å². The number of terminal acetylenes is 1. The second kappa shape index (κ2) is 10.4. The van der Waals surface area contributed by atoms with E-state index in [9.17, 15) is 4.79 Å². The second-order valence-corrected chi connectivity index (χ2v) is 8.80. The summed E-state index contributed by atoms with van der Waals surface area (Å²) in [6, 6.07) is 19.4. The van der Waals surface area contributed by atoms with Crippen LogP contribution in [-0.2, 0) is 11.2 Å². The van der Waals surface area contributed by atoms with Gasteiger partial charge in [-0.05, 0) is 42.9 Å². The van der Waals surface area contributed by atoms with Crippen LogP contribution in [0.1, 0.15) is 11.1 Å². The fourth-order valence-corrected chi connectivity index (χ4v) is 4.17. The number of hydrogen-bond acceptors (Lipinski definition) is 7. The minimum atomic E-state index is -0.177. The van der Waals surface area contributed by atoms with Gasteiger partial charge in [0.25, 0.3) is 0 Å². The van der Waals surface area contributed by atoms with E-state index in [1.165, 1.54) is 5.69 Å². The van der Waals surface area contributed by atoms with Crippen molar-refractivity contribution in [1.82, 2.24) is 19.9 Å². The van der Waals surface area contributed by atoms with Crippen LogP contribution >= 0.6 is 0 Å². The molecule has 2 N–H and O–H groups in total. The lowest BCUT2D eigenvalue weighted by atomic mass is 10.1. The molecule has 5 rings (SSSR count). The molecule has 1 aliphatic heterocycles. The number of rotatable bonds is 6. The van der Waals surface area contributed by atoms with Crippen LogP contribution in [0.2, 0.25) is 0 Å². The number of hydrogen-bond donors (Lipinski definition) is 2. The van der Waals surface area contributed by atoms with Crippen LogP contribution in [0.3, 0.4) is 0 Å². The quantitative estimate of drug-likeness (QED) is 0.410. The Morgan fingerprint density at radius 1 is 1.03 bits per heavy atom. The minimum Gasteiger partial charge on any atom is -0.369 e. The zero-order valence-electron chi connectivity index (χ0n) is 20.1. The van der Waals surface area contributed by atoms with Crippen molar-refractivity contribution in [2.24, 2.45) is 0 Å². The monoisotopic (exact) mass is 477 g/mol. The minimum absolute atomic E-state index is 0.177. The summed E-state index contributed by atoms with van der Waals surface area (Å²) in [7, 11) is 2.15. The highest BCUT2D eigenvalue weighted by Crippen LogP contribution is 2.23. The summed E-state index contributed by atoms with van der Waals surface area (Å²) in [6.07, 6.45) is 7.61. The zero-order valence-corrected chi connectivity index (χ0v) is 20.1. The smallest absolute Gasteiger partial charge is 0.229 e. The van der Waals surface area contributed by atoms with E-state index in [1.54, 1.807) is 12.3 Å². The van der Waals surface area contributed by atoms with Crippen molar-refractivity contribution < 1.29 is 4.79 Å². The molecule has 36 heavy (non-hydrogen) atoms. The predicted octanol–water partition coefficient (Wildman–Crippen LogP) is 3.68. The van der Waals surface area contributed by atoms with Gasteiger partial charge in [-0.25, -0.2) is 9.97 Å². The second-order valence-electron chi connectivity index (χ2n) is 8.80. The average Bonchev–Trinajstić information content (AvgIpc) is 2.89. The van der Waals surface area contributed by atoms with Gasteiger partial charge >= 0.3 is 0 Å². The summed E-state index contributed by atoms with van der Waals surface area (Å²) >= 11 is 0. The molecule has 0 aliphatic carbocycles. The molecule has 2 aromatic carbocycles. The maximum absolute atomic E-state index is 12.5. The molecular weight excluding hydrogens is 450 g/mol. The van der Waals surface area contributed by atoms with Gasteiger partial charge in [-0.3, -0.25) is 4.79 Å². The van der Waals surface area contributed by atoms with Crippen LogP contribution in [0.5, 0.6) is 0 Å². The molecule has 0 spiro atoms. The lowest BCUT2D eigenvalue weighted by Gasteiger charge is -2.34. The van der Waals surface area contributed by atoms with Gasteiger partial charge in [0.1, 0.15) is 5.82 Å². The van der Waals surface area contributed by atoms with Crippen molar-refractivity contribution >= 4 is 40.1 Å². The third kappa shape index (κ3) is 5.43. The summed E-state index contributed by atoms with van der Waals surface area (Å²) in [5.74, 6) is 3.23. The number of carbonyl (C=O) groups is 1. The van der Waals surface area contributed by atoms with E-state index in [0.29, 0.717) is 28.4 Å². The Morgan fingerprint density at radius 2 is 1.78 bits per heavy atom. The van der Waals surface area contributed by atoms with Crippen LogP contribution in [0.15, 0.2) is 66.9 Å². The molecule has 0 atom stereocenters. The Morgan fingerprint density at radius 3 is 2.50 bits per heavy atom. The number of aromatic nitrogens is 3. The summed E-state index contributed by atoms with van der Waals surface area (Å²) in [6.45, 7) is 4.16. The number of nitrogens with one attached hydrogen (secondary N) is 2. The summed E-state index contributed by atoms with van der Waals surface area (Å²) in [5, 5.41) is 6.72. The van der Waals surface area contributed by atoms with Gasteiger partial charge in [0.05, 0.1) is 11.8 Å². The maximum Gasteiger partial charge on any atom is 0.229 e. The molecule has 0 radical (unpaired) electrons. The summed E-state index contributed by atoms with van der Waals surface area (Å²) in [5.41, 5.74) is 3.96. The first-order valence-electron chi connectivity index (χ1n) is 11.9. The van der Waals surface area contributed by atoms with E-state index in [2.05, 4.69) is 60.5 Å². The van der Waals surface area contributed by atoms with Crippen molar-refractivity contribution in [2.45, 2.75) is 6.42 Å². The van der Waals surface area contributed by atoms with E-state index in [-0.39, 0.29) is 12.3 Å². The van der Waals surface area contributed by atoms with E-state index >= 15 is 0 Å². The van der Waals surface area contributed by atoms with Crippen molar-refractivity contribution in [1.29, 1.82) is 0 Å². The predicted molar refractivity (Wildman–Crippen MR) is 143 cm³/mol. The number of piperazine rings is 1. The van der Waals surface area contributed by atoms with Crippen molar-refractivity contribution in [3.05, 3.63) is 78.0 Å². The highest BCUT2D eigenvalue weighted by molar-refractivity contribution is 5.93. The van der Waals surface area contributed by atoms with Crippen LogP contribution in [0.25, 0.3) is 11.0 Å². The number of anilines is 4. The number of amides is 1. The molecule has 0 bridgehead atoms. The van der Waals surface area contributed by atoms with Gasteiger partial charge in [-0.2, -0.15) is 4.98 Å². The molecule has 0 unspecified atom stereocenters. The number of fused-ring (bicyclic) bond motifs is 1. The largest absolute Gasteiger partial charge is 0.369 e. The third-order valence-corrected chi connectivity index (χ3v) is 6.19. The highest BCUT2D eigenvalue weighted by atomic mass is 16.1. The van der Waals surface area contributed by atoms with Gasteiger partial charge in [-0.15, -0.1) is 6.42 Å². The van der Waals surface area contributed by atoms with E-state index in [1.807, 2.05) is 42.5 Å².